The van der Waals surface area contributed by atoms with Crippen LogP contribution < -0.4 is 0 Å². The third kappa shape index (κ3) is 4.28. The van der Waals surface area contributed by atoms with Crippen LogP contribution in [-0.4, -0.2) is 38.3 Å². The normalized spacial score (nSPS) is 29.7. The van der Waals surface area contributed by atoms with Gasteiger partial charge in [-0.2, -0.15) is 0 Å². The third-order valence-electron chi connectivity index (χ3n) is 3.82. The van der Waals surface area contributed by atoms with Crippen LogP contribution in [0.3, 0.4) is 0 Å². The summed E-state index contributed by atoms with van der Waals surface area (Å²) in [5.74, 6) is -0.504. The molecule has 3 nitrogen and oxygen atoms in total. The number of hydrogen-bond acceptors (Lipinski definition) is 3. The minimum Gasteiger partial charge on any atom is -0.393 e. The summed E-state index contributed by atoms with van der Waals surface area (Å²) in [5, 5.41) is 10.2. The Morgan fingerprint density at radius 3 is 2.40 bits per heavy atom. The second-order valence-corrected chi connectivity index (χ2v) is 12.9. The van der Waals surface area contributed by atoms with Crippen LogP contribution in [-0.2, 0) is 9.47 Å². The van der Waals surface area contributed by atoms with E-state index in [9.17, 15) is 5.11 Å². The summed E-state index contributed by atoms with van der Waals surface area (Å²) in [7, 11) is -1.21. The average Bonchev–Trinajstić information content (AvgIpc) is 2.30. The van der Waals surface area contributed by atoms with Crippen molar-refractivity contribution >= 4 is 8.07 Å². The molecule has 1 aliphatic heterocycles. The monoisotopic (exact) mass is 296 g/mol. The number of aliphatic hydroxyl groups is 1. The van der Waals surface area contributed by atoms with E-state index in [4.69, 9.17) is 9.47 Å². The predicted octanol–water partition coefficient (Wildman–Crippen LogP) is 3.27. The molecule has 0 amide bonds. The lowest BCUT2D eigenvalue weighted by Crippen LogP contribution is -2.48. The van der Waals surface area contributed by atoms with Gasteiger partial charge in [-0.15, -0.1) is 0 Å². The van der Waals surface area contributed by atoms with Gasteiger partial charge in [-0.1, -0.05) is 37.5 Å². The first-order valence-corrected chi connectivity index (χ1v) is 11.0. The Bertz CT molecular complexity index is 408. The fourth-order valence-electron chi connectivity index (χ4n) is 2.72. The van der Waals surface area contributed by atoms with Gasteiger partial charge in [0.25, 0.3) is 0 Å². The molecular weight excluding hydrogens is 268 g/mol. The average molecular weight is 296 g/mol. The Morgan fingerprint density at radius 2 is 1.85 bits per heavy atom. The molecule has 2 aliphatic rings. The van der Waals surface area contributed by atoms with Gasteiger partial charge in [0.1, 0.15) is 0 Å². The van der Waals surface area contributed by atoms with Crippen molar-refractivity contribution in [3.63, 3.8) is 0 Å². The minimum atomic E-state index is -1.21. The predicted molar refractivity (Wildman–Crippen MR) is 84.2 cm³/mol. The minimum absolute atomic E-state index is 0.160. The third-order valence-corrected chi connectivity index (χ3v) is 4.98. The van der Waals surface area contributed by atoms with Crippen molar-refractivity contribution in [2.75, 3.05) is 13.2 Å². The molecule has 20 heavy (non-hydrogen) atoms. The van der Waals surface area contributed by atoms with Gasteiger partial charge in [0.2, 0.25) is 0 Å². The highest BCUT2D eigenvalue weighted by molar-refractivity contribution is 6.81. The molecule has 1 unspecified atom stereocenters. The van der Waals surface area contributed by atoms with Crippen molar-refractivity contribution in [3.05, 3.63) is 23.4 Å². The van der Waals surface area contributed by atoms with Crippen molar-refractivity contribution in [1.82, 2.24) is 0 Å². The second-order valence-electron chi connectivity index (χ2n) is 7.82. The lowest BCUT2D eigenvalue weighted by atomic mass is 9.75. The summed E-state index contributed by atoms with van der Waals surface area (Å²) in [5.41, 5.74) is 3.39. The lowest BCUT2D eigenvalue weighted by molar-refractivity contribution is -0.280. The molecule has 1 spiro atoms. The van der Waals surface area contributed by atoms with E-state index < -0.39 is 13.9 Å². The molecule has 0 bridgehead atoms. The van der Waals surface area contributed by atoms with E-state index in [0.717, 1.165) is 12.8 Å². The Kier molecular flexibility index (Phi) is 4.31. The Morgan fingerprint density at radius 1 is 1.25 bits per heavy atom. The molecule has 1 atom stereocenters. The second kappa shape index (κ2) is 5.41. The largest absolute Gasteiger partial charge is 0.393 e. The van der Waals surface area contributed by atoms with Crippen molar-refractivity contribution in [2.24, 2.45) is 5.41 Å². The molecule has 0 saturated carbocycles. The molecule has 4 heteroatoms. The van der Waals surface area contributed by atoms with Crippen molar-refractivity contribution in [1.29, 1.82) is 0 Å². The number of allylic oxidation sites excluding steroid dienone is 1. The van der Waals surface area contributed by atoms with Gasteiger partial charge < -0.3 is 14.6 Å². The van der Waals surface area contributed by atoms with Crippen molar-refractivity contribution in [2.45, 2.75) is 58.2 Å². The number of hydrogen-bond donors (Lipinski definition) is 1. The SMILES string of the molecule is CC1(C)OCC2(C=C(/C=C/[Si](C)(C)C)CC(O)C2)CO1. The van der Waals surface area contributed by atoms with Crippen molar-refractivity contribution in [3.8, 4) is 0 Å². The summed E-state index contributed by atoms with van der Waals surface area (Å²) in [6.07, 6.45) is 5.65. The summed E-state index contributed by atoms with van der Waals surface area (Å²) >= 11 is 0. The Balaban J connectivity index is 2.16. The van der Waals surface area contributed by atoms with Gasteiger partial charge in [-0.25, -0.2) is 0 Å². The fraction of sp³-hybridized carbons (Fsp3) is 0.750. The molecule has 0 aromatic rings. The van der Waals surface area contributed by atoms with Crippen LogP contribution in [0.1, 0.15) is 26.7 Å². The summed E-state index contributed by atoms with van der Waals surface area (Å²) in [4.78, 5) is 0. The Hall–Kier alpha value is -0.423. The number of ether oxygens (including phenoxy) is 2. The van der Waals surface area contributed by atoms with E-state index in [1.54, 1.807) is 0 Å². The first kappa shape index (κ1) is 16.0. The fourth-order valence-corrected chi connectivity index (χ4v) is 3.43. The highest BCUT2D eigenvalue weighted by atomic mass is 28.3. The van der Waals surface area contributed by atoms with Crippen LogP contribution in [0, 0.1) is 5.41 Å². The maximum absolute atomic E-state index is 10.2. The molecule has 1 N–H and O–H groups in total. The lowest BCUT2D eigenvalue weighted by Gasteiger charge is -2.45. The van der Waals surface area contributed by atoms with Crippen LogP contribution >= 0.6 is 0 Å². The Labute approximate surface area is 123 Å². The first-order chi connectivity index (χ1) is 9.09. The molecule has 114 valence electrons. The molecule has 0 radical (unpaired) electrons. The van der Waals surface area contributed by atoms with E-state index in [-0.39, 0.29) is 11.5 Å². The van der Waals surface area contributed by atoms with Crippen LogP contribution in [0.5, 0.6) is 0 Å². The quantitative estimate of drug-likeness (QED) is 0.795. The van der Waals surface area contributed by atoms with E-state index in [1.165, 1.54) is 5.57 Å². The molecular formula is C16H28O3Si. The highest BCUT2D eigenvalue weighted by Crippen LogP contribution is 2.40. The van der Waals surface area contributed by atoms with Gasteiger partial charge in [-0.3, -0.25) is 0 Å². The van der Waals surface area contributed by atoms with E-state index >= 15 is 0 Å². The molecule has 1 aliphatic carbocycles. The van der Waals surface area contributed by atoms with Crippen LogP contribution in [0.2, 0.25) is 19.6 Å². The first-order valence-electron chi connectivity index (χ1n) is 7.46. The molecule has 0 aromatic heterocycles. The summed E-state index contributed by atoms with van der Waals surface area (Å²) in [6.45, 7) is 12.1. The summed E-state index contributed by atoms with van der Waals surface area (Å²) < 4.78 is 11.6. The number of rotatable bonds is 2. The molecule has 2 rings (SSSR count). The maximum atomic E-state index is 10.2. The molecule has 1 fully saturated rings. The molecule has 0 aromatic carbocycles. The van der Waals surface area contributed by atoms with Crippen molar-refractivity contribution < 1.29 is 14.6 Å². The summed E-state index contributed by atoms with van der Waals surface area (Å²) in [6, 6.07) is 0. The number of aliphatic hydroxyl groups excluding tert-OH is 1. The maximum Gasteiger partial charge on any atom is 0.162 e. The zero-order valence-electron chi connectivity index (χ0n) is 13.4. The van der Waals surface area contributed by atoms with E-state index in [0.29, 0.717) is 13.2 Å². The van der Waals surface area contributed by atoms with E-state index in [1.807, 2.05) is 13.8 Å². The smallest absolute Gasteiger partial charge is 0.162 e. The molecule has 1 saturated heterocycles. The highest BCUT2D eigenvalue weighted by Gasteiger charge is 2.42. The van der Waals surface area contributed by atoms with Crippen LogP contribution in [0.15, 0.2) is 23.4 Å². The van der Waals surface area contributed by atoms with Gasteiger partial charge in [0.05, 0.1) is 27.4 Å². The van der Waals surface area contributed by atoms with Gasteiger partial charge in [0, 0.05) is 5.41 Å². The van der Waals surface area contributed by atoms with Crippen LogP contribution in [0.25, 0.3) is 0 Å². The molecule has 1 heterocycles. The van der Waals surface area contributed by atoms with Gasteiger partial charge in [-0.05, 0) is 32.3 Å². The zero-order chi connectivity index (χ0) is 15.0. The zero-order valence-corrected chi connectivity index (χ0v) is 14.4. The van der Waals surface area contributed by atoms with E-state index in [2.05, 4.69) is 37.5 Å². The van der Waals surface area contributed by atoms with Gasteiger partial charge >= 0.3 is 0 Å². The van der Waals surface area contributed by atoms with Gasteiger partial charge in [0.15, 0.2) is 5.79 Å². The topological polar surface area (TPSA) is 38.7 Å². The standard InChI is InChI=1S/C16H28O3Si/c1-15(2)18-11-16(12-19-15)9-13(8-14(17)10-16)6-7-20(3,4)5/h6-7,9,14,17H,8,10-12H2,1-5H3/b7-6+. The van der Waals surface area contributed by atoms with Crippen LogP contribution in [0.4, 0.5) is 0 Å².